The SMILES string of the molecule is Cn1nc(C2CCN(CC(=O)Nc3ccccc3)CC2)n(-c2ccccc2)c1=O. The van der Waals surface area contributed by atoms with Crippen LogP contribution in [0, 0.1) is 0 Å². The molecule has 1 N–H and O–H groups in total. The standard InChI is InChI=1S/C22H25N5O2/c1-25-22(29)27(19-10-6-3-7-11-19)21(24-25)17-12-14-26(15-13-17)16-20(28)23-18-8-4-2-5-9-18/h2-11,17H,12-16H2,1H3,(H,23,28). The van der Waals surface area contributed by atoms with Gasteiger partial charge in [-0.15, -0.1) is 0 Å². The first-order chi connectivity index (χ1) is 14.1. The number of aryl methyl sites for hydroxylation is 1. The minimum Gasteiger partial charge on any atom is -0.325 e. The molecule has 0 spiro atoms. The summed E-state index contributed by atoms with van der Waals surface area (Å²) >= 11 is 0. The van der Waals surface area contributed by atoms with Crippen LogP contribution in [0.2, 0.25) is 0 Å². The van der Waals surface area contributed by atoms with Gasteiger partial charge in [-0.1, -0.05) is 36.4 Å². The summed E-state index contributed by atoms with van der Waals surface area (Å²) in [6, 6.07) is 19.1. The van der Waals surface area contributed by atoms with Crippen molar-refractivity contribution in [1.82, 2.24) is 19.2 Å². The van der Waals surface area contributed by atoms with Crippen molar-refractivity contribution in [2.75, 3.05) is 25.0 Å². The molecule has 1 aliphatic rings. The Morgan fingerprint density at radius 1 is 1.03 bits per heavy atom. The van der Waals surface area contributed by atoms with Gasteiger partial charge in [-0.25, -0.2) is 14.0 Å². The van der Waals surface area contributed by atoms with Gasteiger partial charge in [0.2, 0.25) is 5.91 Å². The van der Waals surface area contributed by atoms with Crippen LogP contribution in [0.15, 0.2) is 65.5 Å². The number of carbonyl (C=O) groups excluding carboxylic acids is 1. The third-order valence-corrected chi connectivity index (χ3v) is 5.34. The number of amides is 1. The lowest BCUT2D eigenvalue weighted by Crippen LogP contribution is -2.39. The molecule has 0 bridgehead atoms. The molecule has 0 atom stereocenters. The topological polar surface area (TPSA) is 72.2 Å². The molecule has 2 aromatic carbocycles. The number of carbonyl (C=O) groups is 1. The van der Waals surface area contributed by atoms with E-state index in [0.29, 0.717) is 6.54 Å². The number of nitrogens with zero attached hydrogens (tertiary/aromatic N) is 4. The quantitative estimate of drug-likeness (QED) is 0.725. The zero-order valence-electron chi connectivity index (χ0n) is 16.5. The summed E-state index contributed by atoms with van der Waals surface area (Å²) in [7, 11) is 1.69. The van der Waals surface area contributed by atoms with Crippen LogP contribution in [0.3, 0.4) is 0 Å². The van der Waals surface area contributed by atoms with Gasteiger partial charge in [0.1, 0.15) is 5.82 Å². The maximum atomic E-state index is 12.6. The van der Waals surface area contributed by atoms with Gasteiger partial charge in [0.25, 0.3) is 0 Å². The minimum atomic E-state index is -0.129. The summed E-state index contributed by atoms with van der Waals surface area (Å²) in [5.74, 6) is 0.989. The zero-order valence-corrected chi connectivity index (χ0v) is 16.5. The van der Waals surface area contributed by atoms with Crippen LogP contribution in [-0.4, -0.2) is 44.8 Å². The van der Waals surface area contributed by atoms with Gasteiger partial charge < -0.3 is 5.32 Å². The molecule has 2 heterocycles. The molecule has 1 aromatic heterocycles. The van der Waals surface area contributed by atoms with Gasteiger partial charge in [-0.3, -0.25) is 9.69 Å². The van der Waals surface area contributed by atoms with E-state index >= 15 is 0 Å². The predicted molar refractivity (Wildman–Crippen MR) is 112 cm³/mol. The number of benzene rings is 2. The molecule has 29 heavy (non-hydrogen) atoms. The van der Waals surface area contributed by atoms with E-state index in [1.807, 2.05) is 60.7 Å². The Kier molecular flexibility index (Phi) is 5.57. The fraction of sp³-hybridized carbons (Fsp3) is 0.318. The first-order valence-corrected chi connectivity index (χ1v) is 9.90. The first kappa shape index (κ1) is 19.1. The van der Waals surface area contributed by atoms with Crippen molar-refractivity contribution in [3.63, 3.8) is 0 Å². The number of anilines is 1. The van der Waals surface area contributed by atoms with E-state index < -0.39 is 0 Å². The van der Waals surface area contributed by atoms with Crippen molar-refractivity contribution in [3.8, 4) is 5.69 Å². The molecule has 1 aliphatic heterocycles. The molecule has 1 fully saturated rings. The van der Waals surface area contributed by atoms with Crippen molar-refractivity contribution >= 4 is 11.6 Å². The highest BCUT2D eigenvalue weighted by Crippen LogP contribution is 2.27. The zero-order chi connectivity index (χ0) is 20.2. The fourth-order valence-corrected chi connectivity index (χ4v) is 3.84. The van der Waals surface area contributed by atoms with E-state index in [-0.39, 0.29) is 17.5 Å². The highest BCUT2D eigenvalue weighted by Gasteiger charge is 2.27. The fourth-order valence-electron chi connectivity index (χ4n) is 3.84. The smallest absolute Gasteiger partial charge is 0.325 e. The van der Waals surface area contributed by atoms with Crippen LogP contribution in [0.5, 0.6) is 0 Å². The van der Waals surface area contributed by atoms with Crippen LogP contribution >= 0.6 is 0 Å². The van der Waals surface area contributed by atoms with E-state index in [0.717, 1.165) is 43.1 Å². The summed E-state index contributed by atoms with van der Waals surface area (Å²) in [5.41, 5.74) is 1.52. The summed E-state index contributed by atoms with van der Waals surface area (Å²) in [6.07, 6.45) is 1.73. The highest BCUT2D eigenvalue weighted by molar-refractivity contribution is 5.92. The lowest BCUT2D eigenvalue weighted by atomic mass is 9.95. The number of likely N-dealkylation sites (tertiary alicyclic amines) is 1. The monoisotopic (exact) mass is 391 g/mol. The molecular weight excluding hydrogens is 366 g/mol. The number of nitrogens with one attached hydrogen (secondary N) is 1. The van der Waals surface area contributed by atoms with Crippen LogP contribution in [0.25, 0.3) is 5.69 Å². The Morgan fingerprint density at radius 3 is 2.31 bits per heavy atom. The largest absolute Gasteiger partial charge is 0.350 e. The summed E-state index contributed by atoms with van der Waals surface area (Å²) in [6.45, 7) is 1.97. The van der Waals surface area contributed by atoms with Gasteiger partial charge in [0.15, 0.2) is 0 Å². The molecule has 150 valence electrons. The van der Waals surface area contributed by atoms with Crippen LogP contribution < -0.4 is 11.0 Å². The lowest BCUT2D eigenvalue weighted by molar-refractivity contribution is -0.117. The molecular formula is C22H25N5O2. The third kappa shape index (κ3) is 4.30. The first-order valence-electron chi connectivity index (χ1n) is 9.90. The second-order valence-electron chi connectivity index (χ2n) is 7.40. The maximum absolute atomic E-state index is 12.6. The Balaban J connectivity index is 1.41. The second kappa shape index (κ2) is 8.45. The van der Waals surface area contributed by atoms with E-state index in [2.05, 4.69) is 15.3 Å². The average molecular weight is 391 g/mol. The maximum Gasteiger partial charge on any atom is 0.350 e. The van der Waals surface area contributed by atoms with E-state index in [4.69, 9.17) is 0 Å². The van der Waals surface area contributed by atoms with E-state index in [1.54, 1.807) is 11.6 Å². The van der Waals surface area contributed by atoms with Gasteiger partial charge in [-0.2, -0.15) is 5.10 Å². The summed E-state index contributed by atoms with van der Waals surface area (Å²) in [5, 5.41) is 7.45. The number of para-hydroxylation sites is 2. The van der Waals surface area contributed by atoms with Crippen molar-refractivity contribution in [2.24, 2.45) is 7.05 Å². The molecule has 7 heteroatoms. The van der Waals surface area contributed by atoms with Gasteiger partial charge in [0, 0.05) is 18.7 Å². The van der Waals surface area contributed by atoms with Gasteiger partial charge in [-0.05, 0) is 50.2 Å². The number of rotatable bonds is 5. The van der Waals surface area contributed by atoms with Gasteiger partial charge >= 0.3 is 5.69 Å². The molecule has 1 amide bonds. The normalized spacial score (nSPS) is 15.3. The molecule has 1 saturated heterocycles. The summed E-state index contributed by atoms with van der Waals surface area (Å²) < 4.78 is 3.12. The number of piperidine rings is 1. The average Bonchev–Trinajstić information content (AvgIpc) is 3.04. The third-order valence-electron chi connectivity index (χ3n) is 5.34. The van der Waals surface area contributed by atoms with Crippen molar-refractivity contribution in [2.45, 2.75) is 18.8 Å². The summed E-state index contributed by atoms with van der Waals surface area (Å²) in [4.78, 5) is 27.1. The Bertz CT molecular complexity index is 1020. The second-order valence-corrected chi connectivity index (χ2v) is 7.40. The minimum absolute atomic E-state index is 0.00585. The van der Waals surface area contributed by atoms with Gasteiger partial charge in [0.05, 0.1) is 12.2 Å². The van der Waals surface area contributed by atoms with Crippen LogP contribution in [0.1, 0.15) is 24.6 Å². The van der Waals surface area contributed by atoms with Crippen molar-refractivity contribution in [3.05, 3.63) is 77.0 Å². The Morgan fingerprint density at radius 2 is 1.66 bits per heavy atom. The Hall–Kier alpha value is -3.19. The van der Waals surface area contributed by atoms with Crippen LogP contribution in [0.4, 0.5) is 5.69 Å². The van der Waals surface area contributed by atoms with E-state index in [9.17, 15) is 9.59 Å². The lowest BCUT2D eigenvalue weighted by Gasteiger charge is -2.31. The molecule has 3 aromatic rings. The molecule has 0 unspecified atom stereocenters. The number of hydrogen-bond acceptors (Lipinski definition) is 4. The van der Waals surface area contributed by atoms with Crippen LogP contribution in [-0.2, 0) is 11.8 Å². The van der Waals surface area contributed by atoms with E-state index in [1.165, 1.54) is 4.68 Å². The highest BCUT2D eigenvalue weighted by atomic mass is 16.2. The predicted octanol–water partition coefficient (Wildman–Crippen LogP) is 2.39. The van der Waals surface area contributed by atoms with Crippen molar-refractivity contribution < 1.29 is 4.79 Å². The van der Waals surface area contributed by atoms with Crippen molar-refractivity contribution in [1.29, 1.82) is 0 Å². The number of aromatic nitrogens is 3. The molecule has 0 saturated carbocycles. The molecule has 7 nitrogen and oxygen atoms in total. The molecule has 4 rings (SSSR count). The molecule has 0 radical (unpaired) electrons. The number of hydrogen-bond donors (Lipinski definition) is 1. The Labute approximate surface area is 169 Å². The molecule has 0 aliphatic carbocycles.